The van der Waals surface area contributed by atoms with Crippen molar-refractivity contribution in [1.82, 2.24) is 0 Å². The zero-order valence-corrected chi connectivity index (χ0v) is 17.5. The number of Topliss-reactive ketones (excluding diaryl/α,β-unsaturated/α-hetero) is 1. The van der Waals surface area contributed by atoms with Crippen molar-refractivity contribution in [1.29, 1.82) is 0 Å². The van der Waals surface area contributed by atoms with E-state index in [0.717, 1.165) is 11.1 Å². The first-order chi connectivity index (χ1) is 14.4. The van der Waals surface area contributed by atoms with Crippen molar-refractivity contribution in [2.45, 2.75) is 25.0 Å². The molecule has 0 spiro atoms. The fourth-order valence-electron chi connectivity index (χ4n) is 3.79. The number of amides is 1. The molecule has 0 bridgehead atoms. The number of benzene rings is 3. The van der Waals surface area contributed by atoms with Crippen LogP contribution in [0, 0.1) is 0 Å². The Morgan fingerprint density at radius 2 is 1.57 bits per heavy atom. The lowest BCUT2D eigenvalue weighted by Gasteiger charge is -2.23. The number of rotatable bonds is 6. The third kappa shape index (κ3) is 3.99. The molecule has 3 aromatic carbocycles. The van der Waals surface area contributed by atoms with Gasteiger partial charge in [0.05, 0.1) is 12.2 Å². The lowest BCUT2D eigenvalue weighted by Crippen LogP contribution is -2.41. The SMILES string of the molecule is O=C(Cc1ccccc1)CC1(O)C(=O)N(Cc2ccc(Cl)cc2)c2ccc(Cl)cc21. The minimum atomic E-state index is -1.95. The standard InChI is InChI=1S/C24H19Cl2NO3/c25-18-8-6-17(7-9-18)15-27-22-11-10-19(26)13-21(22)24(30,23(27)29)14-20(28)12-16-4-2-1-3-5-16/h1-11,13,30H,12,14-15H2. The average molecular weight is 440 g/mol. The summed E-state index contributed by atoms with van der Waals surface area (Å²) in [6.45, 7) is 0.250. The second-order valence-electron chi connectivity index (χ2n) is 7.42. The maximum atomic E-state index is 13.3. The summed E-state index contributed by atoms with van der Waals surface area (Å²) in [6, 6.07) is 21.3. The number of nitrogens with zero attached hydrogens (tertiary/aromatic N) is 1. The van der Waals surface area contributed by atoms with E-state index in [9.17, 15) is 14.7 Å². The van der Waals surface area contributed by atoms with Gasteiger partial charge in [-0.1, -0.05) is 65.7 Å². The van der Waals surface area contributed by atoms with Gasteiger partial charge >= 0.3 is 0 Å². The van der Waals surface area contributed by atoms with Gasteiger partial charge in [0.1, 0.15) is 5.78 Å². The molecule has 4 nitrogen and oxygen atoms in total. The molecular weight excluding hydrogens is 421 g/mol. The van der Waals surface area contributed by atoms with Crippen molar-refractivity contribution in [2.24, 2.45) is 0 Å². The number of halogens is 2. The minimum Gasteiger partial charge on any atom is -0.375 e. The van der Waals surface area contributed by atoms with Crippen LogP contribution in [0.15, 0.2) is 72.8 Å². The lowest BCUT2D eigenvalue weighted by molar-refractivity contribution is -0.141. The third-order valence-electron chi connectivity index (χ3n) is 5.24. The molecule has 1 atom stereocenters. The normalized spacial score (nSPS) is 17.8. The van der Waals surface area contributed by atoms with E-state index in [1.807, 2.05) is 42.5 Å². The van der Waals surface area contributed by atoms with Gasteiger partial charge in [0, 0.05) is 28.5 Å². The molecule has 30 heavy (non-hydrogen) atoms. The van der Waals surface area contributed by atoms with Gasteiger partial charge in [-0.05, 0) is 41.5 Å². The molecule has 0 saturated heterocycles. The van der Waals surface area contributed by atoms with Gasteiger partial charge in [-0.2, -0.15) is 0 Å². The predicted molar refractivity (Wildman–Crippen MR) is 118 cm³/mol. The molecule has 1 aliphatic rings. The molecule has 1 N–H and O–H groups in total. The average Bonchev–Trinajstić information content (AvgIpc) is 2.91. The van der Waals surface area contributed by atoms with Crippen LogP contribution in [0.2, 0.25) is 10.0 Å². The summed E-state index contributed by atoms with van der Waals surface area (Å²) in [4.78, 5) is 27.5. The largest absolute Gasteiger partial charge is 0.375 e. The molecule has 4 rings (SSSR count). The summed E-state index contributed by atoms with van der Waals surface area (Å²) in [6.07, 6.45) is -0.172. The maximum absolute atomic E-state index is 13.3. The molecular formula is C24H19Cl2NO3. The third-order valence-corrected chi connectivity index (χ3v) is 5.73. The Labute approximate surface area is 184 Å². The van der Waals surface area contributed by atoms with Gasteiger partial charge in [-0.15, -0.1) is 0 Å². The molecule has 1 unspecified atom stereocenters. The van der Waals surface area contributed by atoms with Crippen LogP contribution in [0.4, 0.5) is 5.69 Å². The molecule has 0 radical (unpaired) electrons. The van der Waals surface area contributed by atoms with Gasteiger partial charge in [0.25, 0.3) is 5.91 Å². The molecule has 0 aromatic heterocycles. The lowest BCUT2D eigenvalue weighted by atomic mass is 9.88. The zero-order valence-electron chi connectivity index (χ0n) is 16.0. The van der Waals surface area contributed by atoms with E-state index in [0.29, 0.717) is 21.3 Å². The van der Waals surface area contributed by atoms with Crippen molar-refractivity contribution in [2.75, 3.05) is 4.90 Å². The molecule has 0 fully saturated rings. The highest BCUT2D eigenvalue weighted by Gasteiger charge is 2.50. The molecule has 1 amide bonds. The van der Waals surface area contributed by atoms with Crippen LogP contribution in [0.3, 0.4) is 0 Å². The molecule has 1 aliphatic heterocycles. The van der Waals surface area contributed by atoms with Gasteiger partial charge in [-0.25, -0.2) is 0 Å². The van der Waals surface area contributed by atoms with Crippen LogP contribution in [0.5, 0.6) is 0 Å². The van der Waals surface area contributed by atoms with Gasteiger partial charge < -0.3 is 10.0 Å². The Morgan fingerprint density at radius 1 is 0.900 bits per heavy atom. The molecule has 1 heterocycles. The van der Waals surface area contributed by atoms with Gasteiger partial charge in [0.15, 0.2) is 5.60 Å². The maximum Gasteiger partial charge on any atom is 0.264 e. The van der Waals surface area contributed by atoms with E-state index in [-0.39, 0.29) is 25.2 Å². The Kier molecular flexibility index (Phi) is 5.65. The van der Waals surface area contributed by atoms with Gasteiger partial charge in [0.2, 0.25) is 0 Å². The second-order valence-corrected chi connectivity index (χ2v) is 8.29. The first-order valence-corrected chi connectivity index (χ1v) is 10.3. The quantitative estimate of drug-likeness (QED) is 0.592. The smallest absolute Gasteiger partial charge is 0.264 e. The highest BCUT2D eigenvalue weighted by atomic mass is 35.5. The summed E-state index contributed by atoms with van der Waals surface area (Å²) in [5.41, 5.74) is 0.651. The van der Waals surface area contributed by atoms with E-state index in [4.69, 9.17) is 23.2 Å². The summed E-state index contributed by atoms with van der Waals surface area (Å²) in [7, 11) is 0. The van der Waals surface area contributed by atoms with Crippen LogP contribution in [0.1, 0.15) is 23.1 Å². The highest BCUT2D eigenvalue weighted by Crippen LogP contribution is 2.44. The van der Waals surface area contributed by atoms with E-state index in [2.05, 4.69) is 0 Å². The summed E-state index contributed by atoms with van der Waals surface area (Å²) in [5.74, 6) is -0.757. The van der Waals surface area contributed by atoms with E-state index in [1.165, 1.54) is 4.90 Å². The Balaban J connectivity index is 1.64. The monoisotopic (exact) mass is 439 g/mol. The number of anilines is 1. The zero-order chi connectivity index (χ0) is 21.3. The second kappa shape index (κ2) is 8.23. The van der Waals surface area contributed by atoms with Crippen LogP contribution < -0.4 is 4.90 Å². The number of hydrogen-bond acceptors (Lipinski definition) is 3. The molecule has 6 heteroatoms. The van der Waals surface area contributed by atoms with Crippen molar-refractivity contribution < 1.29 is 14.7 Å². The molecule has 0 aliphatic carbocycles. The number of fused-ring (bicyclic) bond motifs is 1. The molecule has 152 valence electrons. The summed E-state index contributed by atoms with van der Waals surface area (Å²) >= 11 is 12.1. The van der Waals surface area contributed by atoms with Crippen molar-refractivity contribution in [3.05, 3.63) is 99.5 Å². The topological polar surface area (TPSA) is 57.6 Å². The highest BCUT2D eigenvalue weighted by molar-refractivity contribution is 6.31. The molecule has 0 saturated carbocycles. The fourth-order valence-corrected chi connectivity index (χ4v) is 4.09. The van der Waals surface area contributed by atoms with Crippen LogP contribution in [0.25, 0.3) is 0 Å². The number of ketones is 1. The molecule has 3 aromatic rings. The van der Waals surface area contributed by atoms with E-state index >= 15 is 0 Å². The van der Waals surface area contributed by atoms with Crippen molar-refractivity contribution in [3.63, 3.8) is 0 Å². The van der Waals surface area contributed by atoms with Gasteiger partial charge in [-0.3, -0.25) is 9.59 Å². The number of hydrogen-bond donors (Lipinski definition) is 1. The Morgan fingerprint density at radius 3 is 2.27 bits per heavy atom. The van der Waals surface area contributed by atoms with Crippen LogP contribution >= 0.6 is 23.2 Å². The number of carbonyl (C=O) groups excluding carboxylic acids is 2. The number of aliphatic hydroxyl groups is 1. The predicted octanol–water partition coefficient (Wildman–Crippen LogP) is 4.93. The first-order valence-electron chi connectivity index (χ1n) is 9.51. The minimum absolute atomic E-state index is 0.142. The van der Waals surface area contributed by atoms with E-state index in [1.54, 1.807) is 30.3 Å². The number of carbonyl (C=O) groups is 2. The Bertz CT molecular complexity index is 1100. The Hall–Kier alpha value is -2.66. The van der Waals surface area contributed by atoms with Crippen LogP contribution in [-0.2, 0) is 28.2 Å². The summed E-state index contributed by atoms with van der Waals surface area (Å²) in [5, 5.41) is 12.4. The van der Waals surface area contributed by atoms with Crippen molar-refractivity contribution >= 4 is 40.6 Å². The van der Waals surface area contributed by atoms with Crippen LogP contribution in [-0.4, -0.2) is 16.8 Å². The first kappa shape index (κ1) is 20.6. The fraction of sp³-hybridized carbons (Fsp3) is 0.167. The summed E-state index contributed by atoms with van der Waals surface area (Å²) < 4.78 is 0. The van der Waals surface area contributed by atoms with Crippen molar-refractivity contribution in [3.8, 4) is 0 Å². The van der Waals surface area contributed by atoms with E-state index < -0.39 is 11.5 Å².